The number of likely N-dealkylation sites (tertiary alicyclic amines) is 3. The fraction of sp³-hybridized carbons (Fsp3) is 1.00. The second kappa shape index (κ2) is 5.94. The van der Waals surface area contributed by atoms with Gasteiger partial charge in [0.2, 0.25) is 0 Å². The SMILES string of the molecule is CCN1CCC(N2CC3(CCN(C(C)C)CC3)C2)CC1. The highest BCUT2D eigenvalue weighted by Gasteiger charge is 2.47. The van der Waals surface area contributed by atoms with Gasteiger partial charge in [-0.05, 0) is 77.7 Å². The Morgan fingerprint density at radius 3 is 2.10 bits per heavy atom. The molecule has 3 saturated heterocycles. The van der Waals surface area contributed by atoms with Crippen molar-refractivity contribution >= 4 is 0 Å². The maximum atomic E-state index is 2.80. The van der Waals surface area contributed by atoms with Crippen molar-refractivity contribution < 1.29 is 0 Å². The maximum Gasteiger partial charge on any atom is 0.0120 e. The minimum absolute atomic E-state index is 0.702. The van der Waals surface area contributed by atoms with Crippen LogP contribution in [0.2, 0.25) is 0 Å². The van der Waals surface area contributed by atoms with Crippen molar-refractivity contribution in [2.24, 2.45) is 5.41 Å². The third kappa shape index (κ3) is 2.90. The molecule has 0 aromatic heterocycles. The van der Waals surface area contributed by atoms with Crippen LogP contribution in [0.1, 0.15) is 46.5 Å². The highest BCUT2D eigenvalue weighted by atomic mass is 15.3. The van der Waals surface area contributed by atoms with Gasteiger partial charge in [-0.1, -0.05) is 6.92 Å². The number of hydrogen-bond donors (Lipinski definition) is 0. The van der Waals surface area contributed by atoms with Crippen molar-refractivity contribution in [3.8, 4) is 0 Å². The topological polar surface area (TPSA) is 9.72 Å². The summed E-state index contributed by atoms with van der Waals surface area (Å²) in [6.07, 6.45) is 5.69. The van der Waals surface area contributed by atoms with Crippen molar-refractivity contribution in [2.75, 3.05) is 45.8 Å². The first-order valence-corrected chi connectivity index (χ1v) is 8.82. The molecule has 3 rings (SSSR count). The standard InChI is InChI=1S/C17H33N3/c1-4-18-9-5-16(6-10-18)20-13-17(14-20)7-11-19(12-8-17)15(2)3/h15-16H,4-14H2,1-3H3. The molecule has 116 valence electrons. The summed E-state index contributed by atoms with van der Waals surface area (Å²) in [6, 6.07) is 1.63. The van der Waals surface area contributed by atoms with Gasteiger partial charge in [0.1, 0.15) is 0 Å². The van der Waals surface area contributed by atoms with Crippen molar-refractivity contribution in [2.45, 2.75) is 58.5 Å². The maximum absolute atomic E-state index is 2.80. The van der Waals surface area contributed by atoms with Crippen LogP contribution in [-0.4, -0.2) is 72.6 Å². The second-order valence-electron chi connectivity index (χ2n) is 7.70. The molecule has 0 saturated carbocycles. The predicted octanol–water partition coefficient (Wildman–Crippen LogP) is 2.28. The largest absolute Gasteiger partial charge is 0.303 e. The van der Waals surface area contributed by atoms with Crippen LogP contribution in [-0.2, 0) is 0 Å². The zero-order chi connectivity index (χ0) is 14.2. The molecule has 3 aliphatic rings. The Labute approximate surface area is 125 Å². The van der Waals surface area contributed by atoms with E-state index in [-0.39, 0.29) is 0 Å². The van der Waals surface area contributed by atoms with Gasteiger partial charge in [0.25, 0.3) is 0 Å². The Bertz CT molecular complexity index is 304. The molecule has 0 radical (unpaired) electrons. The summed E-state index contributed by atoms with van der Waals surface area (Å²) in [4.78, 5) is 8.07. The van der Waals surface area contributed by atoms with Crippen LogP contribution in [0.5, 0.6) is 0 Å². The Morgan fingerprint density at radius 1 is 1.00 bits per heavy atom. The lowest BCUT2D eigenvalue weighted by Crippen LogP contribution is -2.64. The molecule has 3 heterocycles. The molecule has 3 nitrogen and oxygen atoms in total. The summed E-state index contributed by atoms with van der Waals surface area (Å²) in [5, 5.41) is 0. The van der Waals surface area contributed by atoms with Gasteiger partial charge >= 0.3 is 0 Å². The molecule has 0 N–H and O–H groups in total. The summed E-state index contributed by atoms with van der Waals surface area (Å²) >= 11 is 0. The minimum atomic E-state index is 0.702. The van der Waals surface area contributed by atoms with Crippen LogP contribution in [0.3, 0.4) is 0 Å². The number of piperidine rings is 2. The highest BCUT2D eigenvalue weighted by Crippen LogP contribution is 2.42. The molecule has 0 atom stereocenters. The van der Waals surface area contributed by atoms with E-state index in [0.29, 0.717) is 5.41 Å². The van der Waals surface area contributed by atoms with E-state index in [0.717, 1.165) is 12.1 Å². The van der Waals surface area contributed by atoms with E-state index in [9.17, 15) is 0 Å². The van der Waals surface area contributed by atoms with Gasteiger partial charge in [0.05, 0.1) is 0 Å². The molecule has 0 aromatic carbocycles. The van der Waals surface area contributed by atoms with Crippen LogP contribution >= 0.6 is 0 Å². The minimum Gasteiger partial charge on any atom is -0.303 e. The quantitative estimate of drug-likeness (QED) is 0.785. The lowest BCUT2D eigenvalue weighted by molar-refractivity contribution is -0.0830. The summed E-state index contributed by atoms with van der Waals surface area (Å²) in [5.41, 5.74) is 0.702. The first kappa shape index (κ1) is 14.8. The zero-order valence-corrected chi connectivity index (χ0v) is 13.8. The third-order valence-electron chi connectivity index (χ3n) is 6.19. The van der Waals surface area contributed by atoms with E-state index in [4.69, 9.17) is 0 Å². The molecular formula is C17H33N3. The highest BCUT2D eigenvalue weighted by molar-refractivity contribution is 5.01. The van der Waals surface area contributed by atoms with Gasteiger partial charge in [-0.15, -0.1) is 0 Å². The summed E-state index contributed by atoms with van der Waals surface area (Å²) in [5.74, 6) is 0. The smallest absolute Gasteiger partial charge is 0.0120 e. The number of nitrogens with zero attached hydrogens (tertiary/aromatic N) is 3. The molecule has 0 amide bonds. The van der Waals surface area contributed by atoms with Gasteiger partial charge in [0, 0.05) is 25.2 Å². The van der Waals surface area contributed by atoms with E-state index in [1.54, 1.807) is 0 Å². The first-order chi connectivity index (χ1) is 9.62. The summed E-state index contributed by atoms with van der Waals surface area (Å²) < 4.78 is 0. The third-order valence-corrected chi connectivity index (χ3v) is 6.19. The van der Waals surface area contributed by atoms with Gasteiger partial charge in [-0.2, -0.15) is 0 Å². The molecule has 20 heavy (non-hydrogen) atoms. The normalized spacial score (nSPS) is 30.0. The molecule has 3 aliphatic heterocycles. The Kier molecular flexibility index (Phi) is 4.40. The van der Waals surface area contributed by atoms with Crippen molar-refractivity contribution in [1.29, 1.82) is 0 Å². The van der Waals surface area contributed by atoms with Crippen LogP contribution < -0.4 is 0 Å². The van der Waals surface area contributed by atoms with Crippen molar-refractivity contribution in [3.05, 3.63) is 0 Å². The van der Waals surface area contributed by atoms with Crippen molar-refractivity contribution in [3.63, 3.8) is 0 Å². The predicted molar refractivity (Wildman–Crippen MR) is 85.1 cm³/mol. The molecule has 3 heteroatoms. The average molecular weight is 279 g/mol. The average Bonchev–Trinajstić information content (AvgIpc) is 2.45. The number of rotatable bonds is 3. The Hall–Kier alpha value is -0.120. The molecule has 0 aromatic rings. The summed E-state index contributed by atoms with van der Waals surface area (Å²) in [6.45, 7) is 16.3. The fourth-order valence-corrected chi connectivity index (χ4v) is 4.51. The fourth-order valence-electron chi connectivity index (χ4n) is 4.51. The van der Waals surface area contributed by atoms with Gasteiger partial charge in [-0.25, -0.2) is 0 Å². The van der Waals surface area contributed by atoms with Crippen LogP contribution in [0.25, 0.3) is 0 Å². The van der Waals surface area contributed by atoms with Gasteiger partial charge < -0.3 is 9.80 Å². The van der Waals surface area contributed by atoms with Crippen LogP contribution in [0, 0.1) is 5.41 Å². The van der Waals surface area contributed by atoms with E-state index in [1.807, 2.05) is 0 Å². The molecule has 0 aliphatic carbocycles. The van der Waals surface area contributed by atoms with Gasteiger partial charge in [0.15, 0.2) is 0 Å². The molecule has 0 unspecified atom stereocenters. The zero-order valence-electron chi connectivity index (χ0n) is 13.8. The van der Waals surface area contributed by atoms with Crippen molar-refractivity contribution in [1.82, 2.24) is 14.7 Å². The number of hydrogen-bond acceptors (Lipinski definition) is 3. The first-order valence-electron chi connectivity index (χ1n) is 8.82. The summed E-state index contributed by atoms with van der Waals surface area (Å²) in [7, 11) is 0. The monoisotopic (exact) mass is 279 g/mol. The van der Waals surface area contributed by atoms with Gasteiger partial charge in [-0.3, -0.25) is 4.90 Å². The van der Waals surface area contributed by atoms with Crippen LogP contribution in [0.15, 0.2) is 0 Å². The Morgan fingerprint density at radius 2 is 1.60 bits per heavy atom. The lowest BCUT2D eigenvalue weighted by atomic mass is 9.70. The lowest BCUT2D eigenvalue weighted by Gasteiger charge is -2.57. The van der Waals surface area contributed by atoms with E-state index in [2.05, 4.69) is 35.5 Å². The molecule has 1 spiro atoms. The molecule has 3 fully saturated rings. The molecular weight excluding hydrogens is 246 g/mol. The van der Waals surface area contributed by atoms with Crippen LogP contribution in [0.4, 0.5) is 0 Å². The van der Waals surface area contributed by atoms with E-state index < -0.39 is 0 Å². The van der Waals surface area contributed by atoms with E-state index >= 15 is 0 Å². The molecule has 0 bridgehead atoms. The second-order valence-corrected chi connectivity index (χ2v) is 7.70. The van der Waals surface area contributed by atoms with E-state index in [1.165, 1.54) is 71.5 Å². The Balaban J connectivity index is 1.43.